The maximum Gasteiger partial charge on any atom is 0.234 e. The number of hydrogen-bond donors (Lipinski definition) is 1. The monoisotopic (exact) mass is 422 g/mol. The van der Waals surface area contributed by atoms with Gasteiger partial charge in [-0.25, -0.2) is 0 Å². The molecule has 1 aliphatic rings. The first-order chi connectivity index (χ1) is 14.6. The summed E-state index contributed by atoms with van der Waals surface area (Å²) < 4.78 is 18.1. The quantitative estimate of drug-likeness (QED) is 0.491. The van der Waals surface area contributed by atoms with Crippen molar-refractivity contribution in [1.29, 1.82) is 0 Å². The summed E-state index contributed by atoms with van der Waals surface area (Å²) in [7, 11) is 1.60. The number of amides is 1. The van der Waals surface area contributed by atoms with Crippen molar-refractivity contribution in [2.45, 2.75) is 12.1 Å². The van der Waals surface area contributed by atoms with Crippen LogP contribution in [0.5, 0.6) is 17.2 Å². The highest BCUT2D eigenvalue weighted by Gasteiger charge is 2.19. The van der Waals surface area contributed by atoms with Gasteiger partial charge in [0.25, 0.3) is 0 Å². The molecule has 0 atom stereocenters. The summed E-state index contributed by atoms with van der Waals surface area (Å²) in [5.41, 5.74) is 3.35. The van der Waals surface area contributed by atoms with Crippen LogP contribution in [0, 0.1) is 6.92 Å². The molecule has 1 N–H and O–H groups in total. The molecule has 0 spiro atoms. The van der Waals surface area contributed by atoms with Crippen molar-refractivity contribution in [3.05, 3.63) is 48.0 Å². The third kappa shape index (κ3) is 3.26. The number of benzene rings is 2. The molecule has 0 aliphatic carbocycles. The Hall–Kier alpha value is -3.46. The first-order valence-corrected chi connectivity index (χ1v) is 10.3. The number of ether oxygens (including phenoxy) is 3. The molecule has 152 valence electrons. The lowest BCUT2D eigenvalue weighted by atomic mass is 10.1. The van der Waals surface area contributed by atoms with Crippen molar-refractivity contribution in [2.75, 3.05) is 25.0 Å². The molecule has 0 fully saturated rings. The van der Waals surface area contributed by atoms with Crippen molar-refractivity contribution in [1.82, 2.24) is 14.6 Å². The van der Waals surface area contributed by atoms with Gasteiger partial charge in [-0.1, -0.05) is 11.8 Å². The Bertz CT molecular complexity index is 1270. The molecule has 9 heteroatoms. The summed E-state index contributed by atoms with van der Waals surface area (Å²) in [6, 6.07) is 13.1. The van der Waals surface area contributed by atoms with Gasteiger partial charge < -0.3 is 19.5 Å². The summed E-state index contributed by atoms with van der Waals surface area (Å²) in [5, 5.41) is 13.1. The van der Waals surface area contributed by atoms with Crippen molar-refractivity contribution in [3.8, 4) is 17.2 Å². The van der Waals surface area contributed by atoms with Crippen LogP contribution in [0.4, 0.5) is 5.69 Å². The fourth-order valence-corrected chi connectivity index (χ4v) is 4.14. The standard InChI is InChI=1S/C21H18N4O4S/c1-12-7-13-8-17-18(29-11-28-17)9-16(13)25-20(12)23-24-21(25)30-10-19(26)22-14-3-5-15(27-2)6-4-14/h3-9H,10-11H2,1-2H3,(H,22,26). The molecule has 3 heterocycles. The Kier molecular flexibility index (Phi) is 4.59. The van der Waals surface area contributed by atoms with E-state index < -0.39 is 0 Å². The average molecular weight is 422 g/mol. The van der Waals surface area contributed by atoms with Crippen LogP contribution < -0.4 is 19.5 Å². The number of hydrogen-bond acceptors (Lipinski definition) is 7. The molecule has 0 bridgehead atoms. The highest BCUT2D eigenvalue weighted by Crippen LogP contribution is 2.37. The number of methoxy groups -OCH3 is 1. The lowest BCUT2D eigenvalue weighted by Crippen LogP contribution is -2.14. The maximum absolute atomic E-state index is 12.4. The van der Waals surface area contributed by atoms with Gasteiger partial charge in [-0.05, 0) is 48.9 Å². The van der Waals surface area contributed by atoms with Gasteiger partial charge in [0.05, 0.1) is 18.4 Å². The van der Waals surface area contributed by atoms with Crippen LogP contribution in [0.2, 0.25) is 0 Å². The van der Waals surface area contributed by atoms with E-state index in [-0.39, 0.29) is 18.5 Å². The molecule has 2 aromatic heterocycles. The molecule has 0 radical (unpaired) electrons. The first-order valence-electron chi connectivity index (χ1n) is 9.27. The van der Waals surface area contributed by atoms with E-state index in [1.54, 1.807) is 31.4 Å². The molecule has 5 rings (SSSR count). The first kappa shape index (κ1) is 18.6. The molecule has 0 saturated heterocycles. The molecule has 0 unspecified atom stereocenters. The molecular weight excluding hydrogens is 404 g/mol. The third-order valence-corrected chi connectivity index (χ3v) is 5.76. The number of fused-ring (bicyclic) bond motifs is 4. The highest BCUT2D eigenvalue weighted by atomic mass is 32.2. The van der Waals surface area contributed by atoms with Crippen molar-refractivity contribution < 1.29 is 19.0 Å². The molecular formula is C21H18N4O4S. The Morgan fingerprint density at radius 2 is 1.93 bits per heavy atom. The number of thioether (sulfide) groups is 1. The molecule has 2 aromatic carbocycles. The molecule has 4 aromatic rings. The van der Waals surface area contributed by atoms with Gasteiger partial charge in [0.15, 0.2) is 22.3 Å². The Morgan fingerprint density at radius 3 is 2.70 bits per heavy atom. The average Bonchev–Trinajstić information content (AvgIpc) is 3.38. The van der Waals surface area contributed by atoms with E-state index in [4.69, 9.17) is 14.2 Å². The van der Waals surface area contributed by atoms with Gasteiger partial charge in [-0.15, -0.1) is 10.2 Å². The summed E-state index contributed by atoms with van der Waals surface area (Å²) in [4.78, 5) is 12.4. The van der Waals surface area contributed by atoms with Gasteiger partial charge in [0.1, 0.15) is 5.75 Å². The second kappa shape index (κ2) is 7.42. The Labute approximate surface area is 176 Å². The summed E-state index contributed by atoms with van der Waals surface area (Å²) in [5.74, 6) is 2.22. The smallest absolute Gasteiger partial charge is 0.234 e. The van der Waals surface area contributed by atoms with Crippen molar-refractivity contribution in [3.63, 3.8) is 0 Å². The number of rotatable bonds is 5. The maximum atomic E-state index is 12.4. The van der Waals surface area contributed by atoms with Crippen LogP contribution >= 0.6 is 11.8 Å². The minimum absolute atomic E-state index is 0.128. The topological polar surface area (TPSA) is 87.0 Å². The zero-order chi connectivity index (χ0) is 20.7. The van der Waals surface area contributed by atoms with E-state index in [0.29, 0.717) is 16.6 Å². The number of aryl methyl sites for hydroxylation is 1. The third-order valence-electron chi connectivity index (χ3n) is 4.83. The fraction of sp³-hybridized carbons (Fsp3) is 0.190. The molecule has 30 heavy (non-hydrogen) atoms. The second-order valence-electron chi connectivity index (χ2n) is 6.80. The van der Waals surface area contributed by atoms with Gasteiger partial charge >= 0.3 is 0 Å². The van der Waals surface area contributed by atoms with E-state index in [2.05, 4.69) is 15.5 Å². The SMILES string of the molecule is COc1ccc(NC(=O)CSc2nnc3c(C)cc4cc5c(cc4n23)OCO5)cc1. The Balaban J connectivity index is 1.41. The van der Waals surface area contributed by atoms with Crippen LogP contribution in [-0.2, 0) is 4.79 Å². The lowest BCUT2D eigenvalue weighted by Gasteiger charge is -2.09. The predicted octanol–water partition coefficient (Wildman–Crippen LogP) is 3.66. The second-order valence-corrected chi connectivity index (χ2v) is 7.74. The minimum atomic E-state index is -0.128. The molecule has 1 aliphatic heterocycles. The number of carbonyl (C=O) groups excluding carboxylic acids is 1. The number of nitrogens with zero attached hydrogens (tertiary/aromatic N) is 3. The minimum Gasteiger partial charge on any atom is -0.497 e. The van der Waals surface area contributed by atoms with Crippen molar-refractivity contribution >= 4 is 39.9 Å². The summed E-state index contributed by atoms with van der Waals surface area (Å²) in [6.07, 6.45) is 0. The van der Waals surface area contributed by atoms with Gasteiger partial charge in [-0.2, -0.15) is 0 Å². The number of pyridine rings is 1. The molecule has 0 saturated carbocycles. The van der Waals surface area contributed by atoms with E-state index in [1.165, 1.54) is 11.8 Å². The zero-order valence-electron chi connectivity index (χ0n) is 16.3. The molecule has 8 nitrogen and oxygen atoms in total. The predicted molar refractivity (Wildman–Crippen MR) is 114 cm³/mol. The van der Waals surface area contributed by atoms with Crippen LogP contribution in [0.1, 0.15) is 5.56 Å². The number of carbonyl (C=O) groups is 1. The van der Waals surface area contributed by atoms with Crippen LogP contribution in [0.15, 0.2) is 47.6 Å². The zero-order valence-corrected chi connectivity index (χ0v) is 17.2. The number of aromatic nitrogens is 3. The van der Waals surface area contributed by atoms with E-state index >= 15 is 0 Å². The number of anilines is 1. The Morgan fingerprint density at radius 1 is 1.17 bits per heavy atom. The molecule has 1 amide bonds. The van der Waals surface area contributed by atoms with E-state index in [0.717, 1.165) is 33.6 Å². The fourth-order valence-electron chi connectivity index (χ4n) is 3.39. The highest BCUT2D eigenvalue weighted by molar-refractivity contribution is 7.99. The van der Waals surface area contributed by atoms with Crippen molar-refractivity contribution in [2.24, 2.45) is 0 Å². The van der Waals surface area contributed by atoms with Crippen LogP contribution in [0.25, 0.3) is 16.6 Å². The summed E-state index contributed by atoms with van der Waals surface area (Å²) in [6.45, 7) is 2.20. The van der Waals surface area contributed by atoms with Crippen LogP contribution in [-0.4, -0.2) is 40.2 Å². The van der Waals surface area contributed by atoms with E-state index in [9.17, 15) is 4.79 Å². The van der Waals surface area contributed by atoms with Gasteiger partial charge in [-0.3, -0.25) is 9.20 Å². The lowest BCUT2D eigenvalue weighted by molar-refractivity contribution is -0.113. The normalized spacial score (nSPS) is 12.5. The van der Waals surface area contributed by atoms with Crippen LogP contribution in [0.3, 0.4) is 0 Å². The largest absolute Gasteiger partial charge is 0.497 e. The van der Waals surface area contributed by atoms with Gasteiger partial charge in [0.2, 0.25) is 12.7 Å². The van der Waals surface area contributed by atoms with E-state index in [1.807, 2.05) is 29.5 Å². The summed E-state index contributed by atoms with van der Waals surface area (Å²) >= 11 is 1.33. The van der Waals surface area contributed by atoms with Gasteiger partial charge in [0, 0.05) is 17.1 Å². The number of nitrogens with one attached hydrogen (secondary N) is 1.